The minimum atomic E-state index is -0.0559. The van der Waals surface area contributed by atoms with E-state index in [9.17, 15) is 4.79 Å². The average Bonchev–Trinajstić information content (AvgIpc) is 3.05. The maximum atomic E-state index is 12.6. The van der Waals surface area contributed by atoms with Crippen LogP contribution in [0.15, 0.2) is 29.0 Å². The summed E-state index contributed by atoms with van der Waals surface area (Å²) in [7, 11) is 0. The first-order chi connectivity index (χ1) is 12.2. The van der Waals surface area contributed by atoms with Crippen molar-refractivity contribution in [3.05, 3.63) is 41.8 Å². The van der Waals surface area contributed by atoms with Crippen molar-refractivity contribution in [1.82, 2.24) is 25.3 Å². The molecule has 3 heterocycles. The molecule has 134 valence electrons. The molecule has 1 N–H and O–H groups in total. The second-order valence-electron chi connectivity index (χ2n) is 6.47. The molecule has 2 aromatic rings. The van der Waals surface area contributed by atoms with Crippen molar-refractivity contribution < 1.29 is 9.32 Å². The molecule has 0 spiro atoms. The van der Waals surface area contributed by atoms with Crippen LogP contribution in [-0.2, 0) is 17.8 Å². The average molecular weight is 343 g/mol. The highest BCUT2D eigenvalue weighted by molar-refractivity contribution is 5.81. The van der Waals surface area contributed by atoms with Crippen LogP contribution in [0.2, 0.25) is 0 Å². The van der Waals surface area contributed by atoms with E-state index in [1.807, 2.05) is 12.3 Å². The minimum Gasteiger partial charge on any atom is -0.355 e. The Morgan fingerprint density at radius 1 is 1.44 bits per heavy atom. The van der Waals surface area contributed by atoms with Crippen LogP contribution in [0.3, 0.4) is 0 Å². The lowest BCUT2D eigenvalue weighted by molar-refractivity contribution is -0.127. The zero-order chi connectivity index (χ0) is 17.5. The van der Waals surface area contributed by atoms with Crippen LogP contribution in [0, 0.1) is 6.92 Å². The molecule has 1 aliphatic heterocycles. The number of aromatic nitrogens is 3. The second kappa shape index (κ2) is 8.71. The third-order valence-corrected chi connectivity index (χ3v) is 4.46. The monoisotopic (exact) mass is 343 g/mol. The van der Waals surface area contributed by atoms with Crippen LogP contribution in [0.5, 0.6) is 0 Å². The van der Waals surface area contributed by atoms with Gasteiger partial charge in [-0.25, -0.2) is 0 Å². The molecular formula is C18H25N5O2. The first-order valence-corrected chi connectivity index (χ1v) is 8.92. The van der Waals surface area contributed by atoms with E-state index in [0.717, 1.165) is 44.3 Å². The van der Waals surface area contributed by atoms with E-state index in [-0.39, 0.29) is 11.9 Å². The number of nitrogens with zero attached hydrogens (tertiary/aromatic N) is 4. The lowest BCUT2D eigenvalue weighted by atomic mass is 10.0. The molecule has 1 saturated heterocycles. The maximum Gasteiger partial charge on any atom is 0.237 e. The number of carbonyl (C=O) groups is 1. The molecule has 0 bridgehead atoms. The Labute approximate surface area is 147 Å². The van der Waals surface area contributed by atoms with Crippen LogP contribution in [0.4, 0.5) is 0 Å². The van der Waals surface area contributed by atoms with E-state index in [1.165, 1.54) is 0 Å². The lowest BCUT2D eigenvalue weighted by Gasteiger charge is -2.34. The normalized spacial score (nSPS) is 18.2. The predicted molar refractivity (Wildman–Crippen MR) is 92.7 cm³/mol. The van der Waals surface area contributed by atoms with Gasteiger partial charge in [0.1, 0.15) is 0 Å². The molecular weight excluding hydrogens is 318 g/mol. The Hall–Kier alpha value is -2.28. The van der Waals surface area contributed by atoms with Crippen molar-refractivity contribution in [3.8, 4) is 0 Å². The molecule has 2 aromatic heterocycles. The number of hydrogen-bond donors (Lipinski definition) is 1. The number of pyridine rings is 1. The highest BCUT2D eigenvalue weighted by Crippen LogP contribution is 2.19. The van der Waals surface area contributed by atoms with Crippen LogP contribution in [-0.4, -0.2) is 45.1 Å². The van der Waals surface area contributed by atoms with E-state index in [0.29, 0.717) is 24.7 Å². The number of amides is 1. The predicted octanol–water partition coefficient (Wildman–Crippen LogP) is 1.88. The van der Waals surface area contributed by atoms with Crippen molar-refractivity contribution in [2.75, 3.05) is 13.1 Å². The van der Waals surface area contributed by atoms with Crippen LogP contribution >= 0.6 is 0 Å². The molecule has 7 nitrogen and oxygen atoms in total. The first-order valence-electron chi connectivity index (χ1n) is 8.92. The fourth-order valence-electron chi connectivity index (χ4n) is 3.21. The number of rotatable bonds is 7. The van der Waals surface area contributed by atoms with E-state index >= 15 is 0 Å². The van der Waals surface area contributed by atoms with Gasteiger partial charge in [0.25, 0.3) is 0 Å². The van der Waals surface area contributed by atoms with Gasteiger partial charge >= 0.3 is 0 Å². The smallest absolute Gasteiger partial charge is 0.237 e. The van der Waals surface area contributed by atoms with E-state index in [1.54, 1.807) is 13.1 Å². The van der Waals surface area contributed by atoms with Gasteiger partial charge in [-0.3, -0.25) is 14.7 Å². The molecule has 0 radical (unpaired) electrons. The van der Waals surface area contributed by atoms with Gasteiger partial charge < -0.3 is 9.84 Å². The summed E-state index contributed by atoms with van der Waals surface area (Å²) in [5.41, 5.74) is 1.15. The van der Waals surface area contributed by atoms with Gasteiger partial charge in [-0.15, -0.1) is 0 Å². The van der Waals surface area contributed by atoms with Crippen LogP contribution in [0.1, 0.15) is 43.0 Å². The molecule has 0 saturated carbocycles. The molecule has 0 aromatic carbocycles. The summed E-state index contributed by atoms with van der Waals surface area (Å²) >= 11 is 0. The molecule has 7 heteroatoms. The van der Waals surface area contributed by atoms with Crippen molar-refractivity contribution in [2.45, 2.75) is 51.6 Å². The topological polar surface area (TPSA) is 84.2 Å². The summed E-state index contributed by atoms with van der Waals surface area (Å²) in [5.74, 6) is 1.39. The molecule has 0 aliphatic carbocycles. The third kappa shape index (κ3) is 5.09. The summed E-state index contributed by atoms with van der Waals surface area (Å²) < 4.78 is 5.08. The number of piperidine rings is 1. The standard InChI is InChI=1S/C18H25N5O2/c1-14-21-17(25-22-14)8-5-10-20-18(24)16-7-2-3-11-23(16)13-15-6-4-9-19-12-15/h4,6,9,12,16H,2-3,5,7-8,10-11,13H2,1H3,(H,20,24)/t16-/m1/s1. The SMILES string of the molecule is Cc1noc(CCCNC(=O)[C@H]2CCCCN2Cc2cccnc2)n1. The third-order valence-electron chi connectivity index (χ3n) is 4.46. The van der Waals surface area contributed by atoms with E-state index in [2.05, 4.69) is 31.4 Å². The number of carbonyl (C=O) groups excluding carboxylic acids is 1. The van der Waals surface area contributed by atoms with Gasteiger partial charge in [0.15, 0.2) is 5.82 Å². The van der Waals surface area contributed by atoms with Gasteiger partial charge in [0.05, 0.1) is 6.04 Å². The summed E-state index contributed by atoms with van der Waals surface area (Å²) in [6.45, 7) is 4.15. The Balaban J connectivity index is 1.47. The minimum absolute atomic E-state index is 0.0559. The summed E-state index contributed by atoms with van der Waals surface area (Å²) in [4.78, 5) is 23.2. The van der Waals surface area contributed by atoms with Crippen LogP contribution < -0.4 is 5.32 Å². The molecule has 25 heavy (non-hydrogen) atoms. The quantitative estimate of drug-likeness (QED) is 0.773. The summed E-state index contributed by atoms with van der Waals surface area (Å²) in [5, 5.41) is 6.83. The first kappa shape index (κ1) is 17.5. The van der Waals surface area contributed by atoms with E-state index < -0.39 is 0 Å². The Bertz CT molecular complexity index is 673. The zero-order valence-corrected chi connectivity index (χ0v) is 14.6. The van der Waals surface area contributed by atoms with Gasteiger partial charge in [0, 0.05) is 31.9 Å². The van der Waals surface area contributed by atoms with Crippen molar-refractivity contribution in [3.63, 3.8) is 0 Å². The van der Waals surface area contributed by atoms with Crippen LogP contribution in [0.25, 0.3) is 0 Å². The van der Waals surface area contributed by atoms with Crippen molar-refractivity contribution in [2.24, 2.45) is 0 Å². The second-order valence-corrected chi connectivity index (χ2v) is 6.47. The molecule has 1 amide bonds. The molecule has 0 unspecified atom stereocenters. The van der Waals surface area contributed by atoms with Crippen molar-refractivity contribution >= 4 is 5.91 Å². The fraction of sp³-hybridized carbons (Fsp3) is 0.556. The lowest BCUT2D eigenvalue weighted by Crippen LogP contribution is -2.49. The van der Waals surface area contributed by atoms with Gasteiger partial charge in [-0.2, -0.15) is 4.98 Å². The number of nitrogens with one attached hydrogen (secondary N) is 1. The van der Waals surface area contributed by atoms with E-state index in [4.69, 9.17) is 4.52 Å². The number of aryl methyl sites for hydroxylation is 2. The maximum absolute atomic E-state index is 12.6. The zero-order valence-electron chi connectivity index (χ0n) is 14.6. The molecule has 1 aliphatic rings. The van der Waals surface area contributed by atoms with Gasteiger partial charge in [-0.1, -0.05) is 17.6 Å². The fourth-order valence-corrected chi connectivity index (χ4v) is 3.21. The molecule has 3 rings (SSSR count). The largest absolute Gasteiger partial charge is 0.355 e. The Kier molecular flexibility index (Phi) is 6.11. The Morgan fingerprint density at radius 2 is 2.36 bits per heavy atom. The summed E-state index contributed by atoms with van der Waals surface area (Å²) in [6, 6.07) is 3.94. The number of hydrogen-bond acceptors (Lipinski definition) is 6. The molecule has 1 atom stereocenters. The van der Waals surface area contributed by atoms with Gasteiger partial charge in [0.2, 0.25) is 11.8 Å². The highest BCUT2D eigenvalue weighted by Gasteiger charge is 2.28. The van der Waals surface area contributed by atoms with Gasteiger partial charge in [-0.05, 0) is 44.4 Å². The highest BCUT2D eigenvalue weighted by atomic mass is 16.5. The van der Waals surface area contributed by atoms with Crippen molar-refractivity contribution in [1.29, 1.82) is 0 Å². The molecule has 1 fully saturated rings. The Morgan fingerprint density at radius 3 is 3.12 bits per heavy atom. The number of likely N-dealkylation sites (tertiary alicyclic amines) is 1. The summed E-state index contributed by atoms with van der Waals surface area (Å²) in [6.07, 6.45) is 8.27.